The normalized spacial score (nSPS) is 11.8. The first-order valence-corrected chi connectivity index (χ1v) is 8.18. The number of likely N-dealkylation sites (N-methyl/N-ethyl adjacent to an activating group) is 1. The quantitative estimate of drug-likeness (QED) is 0.786. The molecule has 0 aliphatic heterocycles. The number of rotatable bonds is 7. The van der Waals surface area contributed by atoms with Gasteiger partial charge in [0, 0.05) is 12.2 Å². The summed E-state index contributed by atoms with van der Waals surface area (Å²) in [5, 5.41) is 13.4. The lowest BCUT2D eigenvalue weighted by Crippen LogP contribution is -2.31. The summed E-state index contributed by atoms with van der Waals surface area (Å²) < 4.78 is 40.2. The molecule has 0 bridgehead atoms. The van der Waals surface area contributed by atoms with E-state index in [9.17, 15) is 18.0 Å². The first kappa shape index (κ1) is 20.1. The predicted molar refractivity (Wildman–Crippen MR) is 89.5 cm³/mol. The molecule has 0 aliphatic carbocycles. The monoisotopic (exact) mass is 390 g/mol. The third kappa shape index (κ3) is 5.40. The molecule has 0 unspecified atom stereocenters. The van der Waals surface area contributed by atoms with Crippen molar-refractivity contribution in [2.75, 3.05) is 18.9 Å². The number of amides is 1. The van der Waals surface area contributed by atoms with Crippen molar-refractivity contribution in [1.82, 2.24) is 25.1 Å². The maximum absolute atomic E-state index is 12.9. The van der Waals surface area contributed by atoms with Gasteiger partial charge in [-0.1, -0.05) is 18.5 Å². The molecular formula is C15H18ClF3N6O. The smallest absolute Gasteiger partial charge is 0.325 e. The molecule has 1 N–H and O–H groups in total. The van der Waals surface area contributed by atoms with E-state index in [1.807, 2.05) is 6.92 Å². The van der Waals surface area contributed by atoms with E-state index in [2.05, 4.69) is 20.8 Å². The van der Waals surface area contributed by atoms with Gasteiger partial charge in [-0.15, -0.1) is 5.10 Å². The molecular weight excluding hydrogens is 373 g/mol. The van der Waals surface area contributed by atoms with Crippen LogP contribution in [0.15, 0.2) is 18.2 Å². The van der Waals surface area contributed by atoms with Gasteiger partial charge in [0.1, 0.15) is 0 Å². The topological polar surface area (TPSA) is 75.9 Å². The summed E-state index contributed by atoms with van der Waals surface area (Å²) in [5.41, 5.74) is -0.972. The largest absolute Gasteiger partial charge is 0.417 e. The second-order valence-corrected chi connectivity index (χ2v) is 6.14. The predicted octanol–water partition coefficient (Wildman–Crippen LogP) is 2.83. The van der Waals surface area contributed by atoms with Crippen LogP contribution in [0.5, 0.6) is 0 Å². The molecule has 0 aliphatic rings. The lowest BCUT2D eigenvalue weighted by atomic mass is 10.2. The Morgan fingerprint density at radius 2 is 2.12 bits per heavy atom. The molecule has 0 saturated heterocycles. The van der Waals surface area contributed by atoms with E-state index in [1.165, 1.54) is 6.07 Å². The minimum Gasteiger partial charge on any atom is -0.325 e. The van der Waals surface area contributed by atoms with Crippen molar-refractivity contribution in [2.24, 2.45) is 0 Å². The van der Waals surface area contributed by atoms with E-state index in [4.69, 9.17) is 11.6 Å². The SMILES string of the molecule is CCCn1nnnc1CN(C)CC(=O)Nc1ccc(Cl)c(C(F)(F)F)c1. The Hall–Kier alpha value is -2.20. The van der Waals surface area contributed by atoms with Crippen LogP contribution in [-0.2, 0) is 24.1 Å². The molecule has 11 heteroatoms. The number of alkyl halides is 3. The number of aryl methyl sites for hydroxylation is 1. The summed E-state index contributed by atoms with van der Waals surface area (Å²) in [6.45, 7) is 2.94. The van der Waals surface area contributed by atoms with Crippen molar-refractivity contribution in [3.63, 3.8) is 0 Å². The highest BCUT2D eigenvalue weighted by Crippen LogP contribution is 2.36. The van der Waals surface area contributed by atoms with Crippen molar-refractivity contribution in [3.05, 3.63) is 34.6 Å². The zero-order chi connectivity index (χ0) is 19.3. The Morgan fingerprint density at radius 1 is 1.38 bits per heavy atom. The molecule has 1 amide bonds. The van der Waals surface area contributed by atoms with Crippen LogP contribution in [0.25, 0.3) is 0 Å². The molecule has 7 nitrogen and oxygen atoms in total. The first-order chi connectivity index (χ1) is 12.2. The van der Waals surface area contributed by atoms with E-state index in [1.54, 1.807) is 16.6 Å². The number of hydrogen-bond donors (Lipinski definition) is 1. The van der Waals surface area contributed by atoms with Gasteiger partial charge in [0.2, 0.25) is 5.91 Å². The van der Waals surface area contributed by atoms with Gasteiger partial charge in [-0.25, -0.2) is 4.68 Å². The van der Waals surface area contributed by atoms with E-state index in [0.717, 1.165) is 18.6 Å². The van der Waals surface area contributed by atoms with Crippen molar-refractivity contribution in [3.8, 4) is 0 Å². The summed E-state index contributed by atoms with van der Waals surface area (Å²) in [6.07, 6.45) is -3.73. The molecule has 0 spiro atoms. The maximum Gasteiger partial charge on any atom is 0.417 e. The number of nitrogens with zero attached hydrogens (tertiary/aromatic N) is 5. The van der Waals surface area contributed by atoms with Crippen LogP contribution in [0, 0.1) is 0 Å². The summed E-state index contributed by atoms with van der Waals surface area (Å²) in [4.78, 5) is 13.7. The molecule has 1 heterocycles. The molecule has 2 rings (SSSR count). The lowest BCUT2D eigenvalue weighted by molar-refractivity contribution is -0.137. The Kier molecular flexibility index (Phi) is 6.54. The van der Waals surface area contributed by atoms with Gasteiger partial charge in [0.25, 0.3) is 0 Å². The maximum atomic E-state index is 12.9. The second kappa shape index (κ2) is 8.45. The summed E-state index contributed by atoms with van der Waals surface area (Å²) in [7, 11) is 1.69. The van der Waals surface area contributed by atoms with Gasteiger partial charge in [-0.05, 0) is 42.1 Å². The molecule has 0 fully saturated rings. The van der Waals surface area contributed by atoms with Gasteiger partial charge in [-0.3, -0.25) is 9.69 Å². The minimum absolute atomic E-state index is 0.0240. The molecule has 1 aromatic heterocycles. The standard InChI is InChI=1S/C15H18ClF3N6O/c1-3-6-25-13(21-22-23-25)8-24(2)9-14(26)20-10-4-5-12(16)11(7-10)15(17,18)19/h4-5,7H,3,6,8-9H2,1-2H3,(H,20,26). The molecule has 2 aromatic rings. The summed E-state index contributed by atoms with van der Waals surface area (Å²) in [5.74, 6) is 0.144. The van der Waals surface area contributed by atoms with E-state index >= 15 is 0 Å². The number of tetrazole rings is 1. The van der Waals surface area contributed by atoms with E-state index < -0.39 is 22.7 Å². The average Bonchev–Trinajstić information content (AvgIpc) is 2.95. The number of benzene rings is 1. The van der Waals surface area contributed by atoms with Crippen molar-refractivity contribution in [1.29, 1.82) is 0 Å². The fourth-order valence-electron chi connectivity index (χ4n) is 2.29. The molecule has 1 aromatic carbocycles. The zero-order valence-corrected chi connectivity index (χ0v) is 15.0. The fraction of sp³-hybridized carbons (Fsp3) is 0.467. The average molecular weight is 391 g/mol. The van der Waals surface area contributed by atoms with Gasteiger partial charge >= 0.3 is 6.18 Å². The Labute approximate surface area is 153 Å². The zero-order valence-electron chi connectivity index (χ0n) is 14.2. The van der Waals surface area contributed by atoms with Crippen LogP contribution in [0.1, 0.15) is 24.7 Å². The highest BCUT2D eigenvalue weighted by Gasteiger charge is 2.33. The molecule has 0 radical (unpaired) electrons. The van der Waals surface area contributed by atoms with Crippen LogP contribution in [0.3, 0.4) is 0 Å². The first-order valence-electron chi connectivity index (χ1n) is 7.81. The van der Waals surface area contributed by atoms with Gasteiger partial charge < -0.3 is 5.32 Å². The highest BCUT2D eigenvalue weighted by molar-refractivity contribution is 6.31. The van der Waals surface area contributed by atoms with Crippen molar-refractivity contribution in [2.45, 2.75) is 32.6 Å². The van der Waals surface area contributed by atoms with E-state index in [0.29, 0.717) is 18.9 Å². The molecule has 0 saturated carbocycles. The minimum atomic E-state index is -4.59. The van der Waals surface area contributed by atoms with Gasteiger partial charge in [0.05, 0.1) is 23.7 Å². The number of anilines is 1. The number of hydrogen-bond acceptors (Lipinski definition) is 5. The molecule has 26 heavy (non-hydrogen) atoms. The van der Waals surface area contributed by atoms with E-state index in [-0.39, 0.29) is 12.2 Å². The lowest BCUT2D eigenvalue weighted by Gasteiger charge is -2.16. The van der Waals surface area contributed by atoms with Crippen LogP contribution < -0.4 is 5.32 Å². The second-order valence-electron chi connectivity index (χ2n) is 5.73. The number of halogens is 4. The number of nitrogens with one attached hydrogen (secondary N) is 1. The van der Waals surface area contributed by atoms with Crippen LogP contribution >= 0.6 is 11.6 Å². The summed E-state index contributed by atoms with van der Waals surface area (Å²) >= 11 is 5.56. The summed E-state index contributed by atoms with van der Waals surface area (Å²) in [6, 6.07) is 3.22. The number of carbonyl (C=O) groups is 1. The Bertz CT molecular complexity index is 764. The fourth-order valence-corrected chi connectivity index (χ4v) is 2.51. The van der Waals surface area contributed by atoms with Gasteiger partial charge in [0.15, 0.2) is 5.82 Å². The highest BCUT2D eigenvalue weighted by atomic mass is 35.5. The third-order valence-electron chi connectivity index (χ3n) is 3.42. The van der Waals surface area contributed by atoms with Crippen molar-refractivity contribution < 1.29 is 18.0 Å². The number of aromatic nitrogens is 4. The molecule has 142 valence electrons. The van der Waals surface area contributed by atoms with Crippen LogP contribution in [0.4, 0.5) is 18.9 Å². The number of carbonyl (C=O) groups excluding carboxylic acids is 1. The third-order valence-corrected chi connectivity index (χ3v) is 3.75. The van der Waals surface area contributed by atoms with Crippen LogP contribution in [0.2, 0.25) is 5.02 Å². The van der Waals surface area contributed by atoms with Crippen LogP contribution in [-0.4, -0.2) is 44.6 Å². The van der Waals surface area contributed by atoms with Crippen molar-refractivity contribution >= 4 is 23.2 Å². The Morgan fingerprint density at radius 3 is 2.77 bits per heavy atom. The molecule has 0 atom stereocenters. The van der Waals surface area contributed by atoms with Gasteiger partial charge in [-0.2, -0.15) is 13.2 Å². The Balaban J connectivity index is 1.97.